The number of ether oxygens (including phenoxy) is 1. The Morgan fingerprint density at radius 3 is 2.87 bits per heavy atom. The van der Waals surface area contributed by atoms with Gasteiger partial charge in [0.05, 0.1) is 5.56 Å². The van der Waals surface area contributed by atoms with Crippen LogP contribution in [0.5, 0.6) is 5.75 Å². The number of likely N-dealkylation sites (tertiary alicyclic amines) is 1. The van der Waals surface area contributed by atoms with E-state index in [0.717, 1.165) is 36.4 Å². The number of nitrogens with zero attached hydrogens (tertiary/aromatic N) is 1. The van der Waals surface area contributed by atoms with E-state index in [4.69, 9.17) is 4.74 Å². The van der Waals surface area contributed by atoms with Crippen LogP contribution < -0.4 is 4.74 Å². The van der Waals surface area contributed by atoms with Gasteiger partial charge in [-0.1, -0.05) is 30.3 Å². The molecule has 1 atom stereocenters. The predicted octanol–water partition coefficient (Wildman–Crippen LogP) is 3.43. The molecular weight excluding hydrogens is 290 g/mol. The lowest BCUT2D eigenvalue weighted by Gasteiger charge is -2.33. The lowest BCUT2D eigenvalue weighted by atomic mass is 10.0. The summed E-state index contributed by atoms with van der Waals surface area (Å²) in [6, 6.07) is 11.6. The monoisotopic (exact) mass is 311 g/mol. The smallest absolute Gasteiger partial charge is 0.260 e. The molecule has 1 fully saturated rings. The van der Waals surface area contributed by atoms with Gasteiger partial charge in [-0.15, -0.1) is 0 Å². The number of aldehydes is 1. The van der Waals surface area contributed by atoms with Gasteiger partial charge in [-0.2, -0.15) is 0 Å². The Morgan fingerprint density at radius 1 is 1.26 bits per heavy atom. The number of carbonyl (C=O) groups excluding carboxylic acids is 2. The normalized spacial score (nSPS) is 18.0. The molecule has 0 radical (unpaired) electrons. The molecule has 0 aliphatic carbocycles. The minimum atomic E-state index is -0.0243. The third kappa shape index (κ3) is 3.21. The van der Waals surface area contributed by atoms with Crippen LogP contribution in [0.25, 0.3) is 10.8 Å². The Kier molecular flexibility index (Phi) is 4.60. The van der Waals surface area contributed by atoms with E-state index in [1.807, 2.05) is 35.2 Å². The maximum atomic E-state index is 12.4. The van der Waals surface area contributed by atoms with Gasteiger partial charge in [0.1, 0.15) is 5.75 Å². The van der Waals surface area contributed by atoms with Crippen molar-refractivity contribution in [1.29, 1.82) is 0 Å². The minimum absolute atomic E-state index is 0.0118. The molecule has 2 aromatic rings. The maximum Gasteiger partial charge on any atom is 0.260 e. The van der Waals surface area contributed by atoms with Crippen molar-refractivity contribution >= 4 is 23.0 Å². The largest absolute Gasteiger partial charge is 0.483 e. The standard InChI is InChI=1S/C19H21NO3/c1-14-6-4-5-11-20(14)19(22)13-23-18-10-9-15-7-2-3-8-16(15)17(18)12-21/h2-3,7-10,12,14H,4-6,11,13H2,1H3/t14-/m0/s1. The molecule has 3 rings (SSSR count). The lowest BCUT2D eigenvalue weighted by Crippen LogP contribution is -2.44. The van der Waals surface area contributed by atoms with Gasteiger partial charge < -0.3 is 9.64 Å². The van der Waals surface area contributed by atoms with Crippen molar-refractivity contribution in [3.8, 4) is 5.75 Å². The van der Waals surface area contributed by atoms with Crippen LogP contribution >= 0.6 is 0 Å². The molecule has 23 heavy (non-hydrogen) atoms. The first-order valence-corrected chi connectivity index (χ1v) is 8.10. The summed E-state index contributed by atoms with van der Waals surface area (Å²) in [5.41, 5.74) is 0.502. The van der Waals surface area contributed by atoms with E-state index < -0.39 is 0 Å². The highest BCUT2D eigenvalue weighted by molar-refractivity contribution is 6.00. The highest BCUT2D eigenvalue weighted by Crippen LogP contribution is 2.27. The molecule has 0 bridgehead atoms. The summed E-state index contributed by atoms with van der Waals surface area (Å²) in [7, 11) is 0. The summed E-state index contributed by atoms with van der Waals surface area (Å²) in [6.45, 7) is 2.84. The van der Waals surface area contributed by atoms with Gasteiger partial charge >= 0.3 is 0 Å². The maximum absolute atomic E-state index is 12.4. The first-order chi connectivity index (χ1) is 11.2. The number of hydrogen-bond acceptors (Lipinski definition) is 3. The Bertz CT molecular complexity index is 726. The average molecular weight is 311 g/mol. The molecule has 1 heterocycles. The SMILES string of the molecule is C[C@H]1CCCCN1C(=O)COc1ccc2ccccc2c1C=O. The number of carbonyl (C=O) groups is 2. The third-order valence-corrected chi connectivity index (χ3v) is 4.52. The molecule has 4 heteroatoms. The number of fused-ring (bicyclic) bond motifs is 1. The van der Waals surface area contributed by atoms with Gasteiger partial charge in [-0.05, 0) is 43.0 Å². The second-order valence-corrected chi connectivity index (χ2v) is 6.04. The van der Waals surface area contributed by atoms with E-state index in [1.165, 1.54) is 6.42 Å². The number of piperidine rings is 1. The molecule has 1 saturated heterocycles. The number of amides is 1. The van der Waals surface area contributed by atoms with Gasteiger partial charge in [0.2, 0.25) is 0 Å². The first kappa shape index (κ1) is 15.5. The molecule has 0 spiro atoms. The topological polar surface area (TPSA) is 46.6 Å². The number of benzene rings is 2. The second kappa shape index (κ2) is 6.82. The van der Waals surface area contributed by atoms with Crippen LogP contribution in [-0.4, -0.2) is 36.3 Å². The second-order valence-electron chi connectivity index (χ2n) is 6.04. The fourth-order valence-electron chi connectivity index (χ4n) is 3.21. The molecule has 0 saturated carbocycles. The molecular formula is C19H21NO3. The average Bonchev–Trinajstić information content (AvgIpc) is 2.59. The van der Waals surface area contributed by atoms with Gasteiger partial charge in [-0.3, -0.25) is 9.59 Å². The van der Waals surface area contributed by atoms with Crippen LogP contribution in [0.4, 0.5) is 0 Å². The van der Waals surface area contributed by atoms with E-state index in [2.05, 4.69) is 6.92 Å². The van der Waals surface area contributed by atoms with Crippen LogP contribution in [0, 0.1) is 0 Å². The van der Waals surface area contributed by atoms with E-state index in [9.17, 15) is 9.59 Å². The molecule has 1 aliphatic heterocycles. The summed E-state index contributed by atoms with van der Waals surface area (Å²) in [5, 5.41) is 1.83. The van der Waals surface area contributed by atoms with Crippen molar-refractivity contribution in [2.75, 3.05) is 13.2 Å². The van der Waals surface area contributed by atoms with Crippen molar-refractivity contribution in [3.05, 3.63) is 42.0 Å². The number of rotatable bonds is 4. The van der Waals surface area contributed by atoms with Gasteiger partial charge in [0.25, 0.3) is 5.91 Å². The molecule has 4 nitrogen and oxygen atoms in total. The van der Waals surface area contributed by atoms with E-state index in [-0.39, 0.29) is 18.6 Å². The van der Waals surface area contributed by atoms with Crippen molar-refractivity contribution in [2.24, 2.45) is 0 Å². The van der Waals surface area contributed by atoms with Crippen molar-refractivity contribution in [3.63, 3.8) is 0 Å². The minimum Gasteiger partial charge on any atom is -0.483 e. The first-order valence-electron chi connectivity index (χ1n) is 8.10. The molecule has 120 valence electrons. The molecule has 0 N–H and O–H groups in total. The van der Waals surface area contributed by atoms with Crippen molar-refractivity contribution < 1.29 is 14.3 Å². The molecule has 1 amide bonds. The highest BCUT2D eigenvalue weighted by atomic mass is 16.5. The quantitative estimate of drug-likeness (QED) is 0.813. The fourth-order valence-corrected chi connectivity index (χ4v) is 3.21. The van der Waals surface area contributed by atoms with E-state index in [0.29, 0.717) is 11.3 Å². The zero-order valence-electron chi connectivity index (χ0n) is 13.3. The summed E-state index contributed by atoms with van der Waals surface area (Å²) < 4.78 is 5.68. The lowest BCUT2D eigenvalue weighted by molar-refractivity contribution is -0.136. The highest BCUT2D eigenvalue weighted by Gasteiger charge is 2.23. The zero-order chi connectivity index (χ0) is 16.2. The fraction of sp³-hybridized carbons (Fsp3) is 0.368. The van der Waals surface area contributed by atoms with E-state index >= 15 is 0 Å². The Labute approximate surface area is 136 Å². The van der Waals surface area contributed by atoms with E-state index in [1.54, 1.807) is 6.07 Å². The Morgan fingerprint density at radius 2 is 2.09 bits per heavy atom. The number of hydrogen-bond donors (Lipinski definition) is 0. The Balaban J connectivity index is 1.76. The molecule has 0 unspecified atom stereocenters. The summed E-state index contributed by atoms with van der Waals surface area (Å²) in [5.74, 6) is 0.457. The van der Waals surface area contributed by atoms with Gasteiger partial charge in [-0.25, -0.2) is 0 Å². The summed E-state index contributed by atoms with van der Waals surface area (Å²) in [6.07, 6.45) is 4.06. The van der Waals surface area contributed by atoms with Gasteiger partial charge in [0, 0.05) is 12.6 Å². The van der Waals surface area contributed by atoms with Crippen LogP contribution in [0.1, 0.15) is 36.5 Å². The third-order valence-electron chi connectivity index (χ3n) is 4.52. The van der Waals surface area contributed by atoms with Crippen LogP contribution in [0.2, 0.25) is 0 Å². The summed E-state index contributed by atoms with van der Waals surface area (Å²) >= 11 is 0. The summed E-state index contributed by atoms with van der Waals surface area (Å²) in [4.78, 5) is 25.7. The molecule has 2 aromatic carbocycles. The molecule has 0 aromatic heterocycles. The van der Waals surface area contributed by atoms with Gasteiger partial charge in [0.15, 0.2) is 12.9 Å². The van der Waals surface area contributed by atoms with Crippen LogP contribution in [-0.2, 0) is 4.79 Å². The van der Waals surface area contributed by atoms with Crippen molar-refractivity contribution in [1.82, 2.24) is 4.90 Å². The van der Waals surface area contributed by atoms with Crippen LogP contribution in [0.15, 0.2) is 36.4 Å². The Hall–Kier alpha value is -2.36. The predicted molar refractivity (Wildman–Crippen MR) is 89.9 cm³/mol. The molecule has 1 aliphatic rings. The van der Waals surface area contributed by atoms with Crippen LogP contribution in [0.3, 0.4) is 0 Å². The van der Waals surface area contributed by atoms with Crippen molar-refractivity contribution in [2.45, 2.75) is 32.2 Å². The zero-order valence-corrected chi connectivity index (χ0v) is 13.3.